The Labute approximate surface area is 107 Å². The van der Waals surface area contributed by atoms with Crippen LogP contribution in [0.1, 0.15) is 5.56 Å². The normalized spacial score (nSPS) is 10.1. The van der Waals surface area contributed by atoms with Crippen LogP contribution in [0.25, 0.3) is 0 Å². The second-order valence-corrected chi connectivity index (χ2v) is 4.18. The Kier molecular flexibility index (Phi) is 4.15. The molecule has 3 N–H and O–H groups in total. The van der Waals surface area contributed by atoms with Gasteiger partial charge in [0.25, 0.3) is 0 Å². The average molecular weight is 242 g/mol. The maximum Gasteiger partial charge on any atom is 0.142 e. The summed E-state index contributed by atoms with van der Waals surface area (Å²) in [4.78, 5) is 6.51. The molecule has 2 rings (SSSR count). The van der Waals surface area contributed by atoms with E-state index in [9.17, 15) is 0 Å². The molecule has 0 aliphatic rings. The predicted octanol–water partition coefficient (Wildman–Crippen LogP) is 2.05. The van der Waals surface area contributed by atoms with Crippen molar-refractivity contribution in [3.05, 3.63) is 54.1 Å². The molecule has 94 valence electrons. The standard InChI is InChI=1S/C14H18N4/c1-18(11-10-12-6-3-2-4-7-12)14-9-5-8-13(16-14)17-15/h2-9H,10-11,15H2,1H3,(H,16,17). The van der Waals surface area contributed by atoms with Gasteiger partial charge in [0.05, 0.1) is 0 Å². The summed E-state index contributed by atoms with van der Waals surface area (Å²) in [6.45, 7) is 0.922. The van der Waals surface area contributed by atoms with Gasteiger partial charge in [-0.1, -0.05) is 36.4 Å². The van der Waals surface area contributed by atoms with Crippen LogP contribution >= 0.6 is 0 Å². The van der Waals surface area contributed by atoms with E-state index in [1.165, 1.54) is 5.56 Å². The van der Waals surface area contributed by atoms with Crippen molar-refractivity contribution in [3.8, 4) is 0 Å². The number of likely N-dealkylation sites (N-methyl/N-ethyl adjacent to an activating group) is 1. The molecule has 4 nitrogen and oxygen atoms in total. The number of pyridine rings is 1. The first-order valence-corrected chi connectivity index (χ1v) is 5.98. The van der Waals surface area contributed by atoms with E-state index in [0.29, 0.717) is 5.82 Å². The summed E-state index contributed by atoms with van der Waals surface area (Å²) in [6, 6.07) is 16.2. The van der Waals surface area contributed by atoms with Crippen LogP contribution in [-0.4, -0.2) is 18.6 Å². The topological polar surface area (TPSA) is 54.2 Å². The SMILES string of the molecule is CN(CCc1ccccc1)c1cccc(NN)n1. The third kappa shape index (κ3) is 3.21. The van der Waals surface area contributed by atoms with Crippen LogP contribution in [0.3, 0.4) is 0 Å². The zero-order valence-corrected chi connectivity index (χ0v) is 10.5. The summed E-state index contributed by atoms with van der Waals surface area (Å²) in [5, 5.41) is 0. The van der Waals surface area contributed by atoms with Gasteiger partial charge in [-0.05, 0) is 24.1 Å². The predicted molar refractivity (Wildman–Crippen MR) is 75.5 cm³/mol. The molecule has 1 heterocycles. The number of hydrazine groups is 1. The van der Waals surface area contributed by atoms with E-state index in [1.54, 1.807) is 0 Å². The monoisotopic (exact) mass is 242 g/mol. The molecule has 0 bridgehead atoms. The van der Waals surface area contributed by atoms with Crippen molar-refractivity contribution in [2.75, 3.05) is 23.9 Å². The van der Waals surface area contributed by atoms with Crippen molar-refractivity contribution in [2.45, 2.75) is 6.42 Å². The number of nitrogen functional groups attached to an aromatic ring is 1. The average Bonchev–Trinajstić information content (AvgIpc) is 2.46. The Morgan fingerprint density at radius 3 is 2.61 bits per heavy atom. The van der Waals surface area contributed by atoms with Crippen molar-refractivity contribution in [2.24, 2.45) is 5.84 Å². The third-order valence-corrected chi connectivity index (χ3v) is 2.85. The number of benzene rings is 1. The molecule has 0 aliphatic carbocycles. The molecular formula is C14H18N4. The number of hydrogen-bond acceptors (Lipinski definition) is 4. The van der Waals surface area contributed by atoms with Gasteiger partial charge < -0.3 is 10.3 Å². The second-order valence-electron chi connectivity index (χ2n) is 4.18. The molecule has 1 aromatic carbocycles. The van der Waals surface area contributed by atoms with Gasteiger partial charge in [-0.3, -0.25) is 0 Å². The minimum absolute atomic E-state index is 0.680. The highest BCUT2D eigenvalue weighted by atomic mass is 15.3. The fourth-order valence-electron chi connectivity index (χ4n) is 1.77. The van der Waals surface area contributed by atoms with E-state index in [0.717, 1.165) is 18.8 Å². The van der Waals surface area contributed by atoms with Gasteiger partial charge in [0.1, 0.15) is 11.6 Å². The summed E-state index contributed by atoms with van der Waals surface area (Å²) in [6.07, 6.45) is 0.999. The van der Waals surface area contributed by atoms with Crippen molar-refractivity contribution >= 4 is 11.6 Å². The molecular weight excluding hydrogens is 224 g/mol. The lowest BCUT2D eigenvalue weighted by molar-refractivity contribution is 0.860. The maximum atomic E-state index is 5.35. The van der Waals surface area contributed by atoms with Crippen molar-refractivity contribution in [1.82, 2.24) is 4.98 Å². The fourth-order valence-corrected chi connectivity index (χ4v) is 1.77. The summed E-state index contributed by atoms with van der Waals surface area (Å²) in [5.74, 6) is 6.95. The molecule has 0 radical (unpaired) electrons. The minimum atomic E-state index is 0.680. The van der Waals surface area contributed by atoms with Gasteiger partial charge >= 0.3 is 0 Å². The molecule has 18 heavy (non-hydrogen) atoms. The van der Waals surface area contributed by atoms with Crippen LogP contribution < -0.4 is 16.2 Å². The van der Waals surface area contributed by atoms with Gasteiger partial charge in [-0.25, -0.2) is 10.8 Å². The zero-order valence-electron chi connectivity index (χ0n) is 10.5. The van der Waals surface area contributed by atoms with E-state index in [4.69, 9.17) is 5.84 Å². The Hall–Kier alpha value is -2.07. The first kappa shape index (κ1) is 12.4. The van der Waals surface area contributed by atoms with Crippen molar-refractivity contribution < 1.29 is 0 Å². The van der Waals surface area contributed by atoms with Crippen LogP contribution in [0.5, 0.6) is 0 Å². The van der Waals surface area contributed by atoms with Crippen molar-refractivity contribution in [3.63, 3.8) is 0 Å². The smallest absolute Gasteiger partial charge is 0.142 e. The third-order valence-electron chi connectivity index (χ3n) is 2.85. The molecule has 0 aliphatic heterocycles. The molecule has 0 atom stereocenters. The molecule has 1 aromatic heterocycles. The first-order valence-electron chi connectivity index (χ1n) is 5.98. The molecule has 2 aromatic rings. The maximum absolute atomic E-state index is 5.35. The lowest BCUT2D eigenvalue weighted by atomic mass is 10.1. The van der Waals surface area contributed by atoms with E-state index in [1.807, 2.05) is 31.3 Å². The first-order chi connectivity index (χ1) is 8.79. The molecule has 0 saturated heterocycles. The Morgan fingerprint density at radius 2 is 1.89 bits per heavy atom. The van der Waals surface area contributed by atoms with Crippen LogP contribution in [0.4, 0.5) is 11.6 Å². The lowest BCUT2D eigenvalue weighted by Crippen LogP contribution is -2.22. The molecule has 0 amide bonds. The van der Waals surface area contributed by atoms with Crippen LogP contribution in [0, 0.1) is 0 Å². The summed E-state index contributed by atoms with van der Waals surface area (Å²) >= 11 is 0. The highest BCUT2D eigenvalue weighted by Gasteiger charge is 2.03. The Morgan fingerprint density at radius 1 is 1.11 bits per heavy atom. The quantitative estimate of drug-likeness (QED) is 0.622. The molecule has 0 saturated carbocycles. The molecule has 0 spiro atoms. The highest BCUT2D eigenvalue weighted by molar-refractivity contribution is 5.46. The number of anilines is 2. The van der Waals surface area contributed by atoms with E-state index in [2.05, 4.69) is 39.6 Å². The number of nitrogens with zero attached hydrogens (tertiary/aromatic N) is 2. The fraction of sp³-hybridized carbons (Fsp3) is 0.214. The molecule has 4 heteroatoms. The van der Waals surface area contributed by atoms with E-state index >= 15 is 0 Å². The number of nitrogens with two attached hydrogens (primary N) is 1. The van der Waals surface area contributed by atoms with E-state index < -0.39 is 0 Å². The summed E-state index contributed by atoms with van der Waals surface area (Å²) in [7, 11) is 2.03. The van der Waals surface area contributed by atoms with E-state index in [-0.39, 0.29) is 0 Å². The molecule has 0 fully saturated rings. The van der Waals surface area contributed by atoms with Crippen LogP contribution in [0.2, 0.25) is 0 Å². The highest BCUT2D eigenvalue weighted by Crippen LogP contribution is 2.12. The van der Waals surface area contributed by atoms with Gasteiger partial charge in [-0.15, -0.1) is 0 Å². The van der Waals surface area contributed by atoms with Crippen LogP contribution in [0.15, 0.2) is 48.5 Å². The van der Waals surface area contributed by atoms with Crippen LogP contribution in [-0.2, 0) is 6.42 Å². The van der Waals surface area contributed by atoms with Gasteiger partial charge in [0.2, 0.25) is 0 Å². The summed E-state index contributed by atoms with van der Waals surface area (Å²) in [5.41, 5.74) is 3.89. The Balaban J connectivity index is 1.97. The van der Waals surface area contributed by atoms with Gasteiger partial charge in [-0.2, -0.15) is 0 Å². The van der Waals surface area contributed by atoms with Gasteiger partial charge in [0.15, 0.2) is 0 Å². The zero-order chi connectivity index (χ0) is 12.8. The number of hydrogen-bond donors (Lipinski definition) is 2. The largest absolute Gasteiger partial charge is 0.359 e. The lowest BCUT2D eigenvalue weighted by Gasteiger charge is -2.18. The minimum Gasteiger partial charge on any atom is -0.359 e. The Bertz CT molecular complexity index is 484. The molecule has 0 unspecified atom stereocenters. The second kappa shape index (κ2) is 6.02. The number of aromatic nitrogens is 1. The summed E-state index contributed by atoms with van der Waals surface area (Å²) < 4.78 is 0. The number of rotatable bonds is 5. The number of nitrogens with one attached hydrogen (secondary N) is 1. The van der Waals surface area contributed by atoms with Gasteiger partial charge in [0, 0.05) is 13.6 Å². The van der Waals surface area contributed by atoms with Crippen molar-refractivity contribution in [1.29, 1.82) is 0 Å².